The highest BCUT2D eigenvalue weighted by Gasteiger charge is 2.81. The molecule has 242 valence electrons. The van der Waals surface area contributed by atoms with Crippen LogP contribution < -0.4 is 4.74 Å². The van der Waals surface area contributed by atoms with Crippen molar-refractivity contribution in [3.63, 3.8) is 0 Å². The number of carbonyl (C=O) groups excluding carboxylic acids is 2. The molecule has 0 amide bonds. The average molecular weight is 617 g/mol. The predicted molar refractivity (Wildman–Crippen MR) is 175 cm³/mol. The van der Waals surface area contributed by atoms with E-state index in [4.69, 9.17) is 9.47 Å². The van der Waals surface area contributed by atoms with Crippen molar-refractivity contribution >= 4 is 11.6 Å². The highest BCUT2D eigenvalue weighted by atomic mass is 16.6. The molecule has 2 fully saturated rings. The number of hydrogen-bond acceptors (Lipinski definition) is 7. The third kappa shape index (κ3) is 5.12. The summed E-state index contributed by atoms with van der Waals surface area (Å²) in [4.78, 5) is 28.9. The maximum Gasteiger partial charge on any atom is 0.200 e. The highest BCUT2D eigenvalue weighted by molar-refractivity contribution is 6.18. The van der Waals surface area contributed by atoms with Gasteiger partial charge >= 0.3 is 0 Å². The predicted octanol–water partition coefficient (Wildman–Crippen LogP) is 7.18. The lowest BCUT2D eigenvalue weighted by atomic mass is 9.51. The van der Waals surface area contributed by atoms with Gasteiger partial charge < -0.3 is 24.8 Å². The van der Waals surface area contributed by atoms with Gasteiger partial charge in [-0.3, -0.25) is 9.59 Å². The minimum absolute atomic E-state index is 0.0295. The van der Waals surface area contributed by atoms with E-state index in [1.807, 2.05) is 46.8 Å². The van der Waals surface area contributed by atoms with Gasteiger partial charge in [0.1, 0.15) is 22.8 Å². The number of phenols is 2. The Kier molecular flexibility index (Phi) is 8.60. The van der Waals surface area contributed by atoms with E-state index in [0.717, 1.165) is 24.0 Å². The van der Waals surface area contributed by atoms with Crippen molar-refractivity contribution in [1.29, 1.82) is 0 Å². The van der Waals surface area contributed by atoms with Gasteiger partial charge in [-0.2, -0.15) is 0 Å². The molecule has 3 N–H and O–H groups in total. The molecule has 4 atom stereocenters. The third-order valence-corrected chi connectivity index (χ3v) is 10.1. The van der Waals surface area contributed by atoms with Crippen molar-refractivity contribution in [3.05, 3.63) is 74.9 Å². The molecule has 1 aromatic rings. The standard InChI is InChI=1S/C38H48O7/c1-21(2)10-9-11-23(5)13-15-26-31(40)27(14-12-22(3)4)34-30(32(26)41)33(42)28-18-25-19-29-36(7,8)45-37(35(25)43,38(28,29)44-34)17-16-24(6)20-39/h10,12-13,16,18,25,29,39-41H,9,11,14-15,17,19-20H2,1-8H3/b23-13+,24-16?/t25-,29+,37+,38-/m1/s1. The third-order valence-electron chi connectivity index (χ3n) is 10.1. The summed E-state index contributed by atoms with van der Waals surface area (Å²) in [6, 6.07) is 0. The van der Waals surface area contributed by atoms with Crippen LogP contribution in [0.15, 0.2) is 58.2 Å². The van der Waals surface area contributed by atoms with E-state index in [9.17, 15) is 24.9 Å². The minimum Gasteiger partial charge on any atom is -0.507 e. The number of hydrogen-bond donors (Lipinski definition) is 3. The van der Waals surface area contributed by atoms with E-state index < -0.39 is 28.5 Å². The van der Waals surface area contributed by atoms with Crippen LogP contribution in [0.1, 0.15) is 103 Å². The second-order valence-electron chi connectivity index (χ2n) is 14.4. The van der Waals surface area contributed by atoms with Crippen molar-refractivity contribution in [2.45, 2.75) is 111 Å². The Morgan fingerprint density at radius 2 is 1.58 bits per heavy atom. The van der Waals surface area contributed by atoms with Crippen molar-refractivity contribution in [2.24, 2.45) is 11.8 Å². The number of aromatic hydroxyl groups is 2. The van der Waals surface area contributed by atoms with E-state index >= 15 is 0 Å². The van der Waals surface area contributed by atoms with Gasteiger partial charge in [0.15, 0.2) is 22.8 Å². The van der Waals surface area contributed by atoms with Gasteiger partial charge in [0, 0.05) is 35.0 Å². The van der Waals surface area contributed by atoms with Crippen molar-refractivity contribution in [2.75, 3.05) is 6.61 Å². The summed E-state index contributed by atoms with van der Waals surface area (Å²) in [6.07, 6.45) is 12.5. The molecule has 4 bridgehead atoms. The molecule has 1 saturated heterocycles. The molecule has 6 rings (SSSR count). The molecule has 5 aliphatic rings. The smallest absolute Gasteiger partial charge is 0.200 e. The number of fused-ring (bicyclic) bond motifs is 1. The second-order valence-corrected chi connectivity index (χ2v) is 14.4. The fourth-order valence-electron chi connectivity index (χ4n) is 7.80. The zero-order chi connectivity index (χ0) is 33.1. The van der Waals surface area contributed by atoms with Crippen LogP contribution in [0.25, 0.3) is 0 Å². The summed E-state index contributed by atoms with van der Waals surface area (Å²) < 4.78 is 13.7. The maximum absolute atomic E-state index is 14.7. The van der Waals surface area contributed by atoms with Gasteiger partial charge in [-0.05, 0) is 87.5 Å². The molecule has 0 unspecified atom stereocenters. The molecule has 0 aromatic heterocycles. The Balaban J connectivity index is 1.71. The Morgan fingerprint density at radius 3 is 2.22 bits per heavy atom. The monoisotopic (exact) mass is 616 g/mol. The van der Waals surface area contributed by atoms with Crippen LogP contribution in [0.3, 0.4) is 0 Å². The van der Waals surface area contributed by atoms with Crippen molar-refractivity contribution in [3.8, 4) is 17.2 Å². The van der Waals surface area contributed by atoms with E-state index in [0.29, 0.717) is 23.1 Å². The Morgan fingerprint density at radius 1 is 0.911 bits per heavy atom. The average Bonchev–Trinajstić information content (AvgIpc) is 3.12. The molecule has 1 saturated carbocycles. The van der Waals surface area contributed by atoms with Crippen LogP contribution in [0.2, 0.25) is 0 Å². The lowest BCUT2D eigenvalue weighted by molar-refractivity contribution is -0.171. The zero-order valence-electron chi connectivity index (χ0n) is 28.0. The molecule has 45 heavy (non-hydrogen) atoms. The number of aliphatic hydroxyl groups is 1. The summed E-state index contributed by atoms with van der Waals surface area (Å²) >= 11 is 0. The molecular formula is C38H48O7. The molecule has 1 spiro atoms. The van der Waals surface area contributed by atoms with Crippen LogP contribution in [0, 0.1) is 11.8 Å². The summed E-state index contributed by atoms with van der Waals surface area (Å²) in [5.74, 6) is -1.68. The van der Waals surface area contributed by atoms with Crippen LogP contribution in [-0.4, -0.2) is 50.3 Å². The second kappa shape index (κ2) is 11.7. The summed E-state index contributed by atoms with van der Waals surface area (Å²) in [7, 11) is 0. The van der Waals surface area contributed by atoms with Crippen LogP contribution in [0.4, 0.5) is 0 Å². The number of ketones is 2. The van der Waals surface area contributed by atoms with Crippen molar-refractivity contribution in [1.82, 2.24) is 0 Å². The Hall–Kier alpha value is -3.42. The first-order chi connectivity index (χ1) is 21.1. The van der Waals surface area contributed by atoms with Crippen molar-refractivity contribution < 1.29 is 34.4 Å². The van der Waals surface area contributed by atoms with Crippen LogP contribution in [-0.2, 0) is 22.4 Å². The lowest BCUT2D eigenvalue weighted by Crippen LogP contribution is -2.72. The maximum atomic E-state index is 14.7. The number of carbonyl (C=O) groups is 2. The number of benzene rings is 1. The van der Waals surface area contributed by atoms with Gasteiger partial charge in [-0.1, -0.05) is 52.7 Å². The fourth-order valence-corrected chi connectivity index (χ4v) is 7.80. The summed E-state index contributed by atoms with van der Waals surface area (Å²) in [5, 5.41) is 33.2. The first-order valence-electron chi connectivity index (χ1n) is 16.1. The fraction of sp³-hybridized carbons (Fsp3) is 0.526. The molecule has 7 nitrogen and oxygen atoms in total. The Bertz CT molecular complexity index is 1590. The van der Waals surface area contributed by atoms with Gasteiger partial charge in [-0.15, -0.1) is 0 Å². The zero-order valence-corrected chi connectivity index (χ0v) is 28.0. The van der Waals surface area contributed by atoms with Gasteiger partial charge in [0.05, 0.1) is 12.2 Å². The SMILES string of the molecule is CC(C)=CCC/C(C)=C/Cc1c(O)c(CC=C(C)C)c2c(c1O)C(=O)C1=C[C@@H]3C[C@H]4C(C)(C)O[C@@](CC=C(C)CO)(C3=O)[C@@]14O2. The minimum atomic E-state index is -1.50. The largest absolute Gasteiger partial charge is 0.507 e. The van der Waals surface area contributed by atoms with Gasteiger partial charge in [-0.25, -0.2) is 0 Å². The van der Waals surface area contributed by atoms with E-state index in [-0.39, 0.29) is 65.9 Å². The first kappa shape index (κ1) is 33.0. The van der Waals surface area contributed by atoms with E-state index in [2.05, 4.69) is 19.9 Å². The molecule has 7 heteroatoms. The van der Waals surface area contributed by atoms with Crippen LogP contribution >= 0.6 is 0 Å². The normalized spacial score (nSPS) is 27.9. The van der Waals surface area contributed by atoms with E-state index in [1.165, 1.54) is 5.57 Å². The Labute approximate surface area is 267 Å². The number of allylic oxidation sites excluding steroid dienone is 7. The molecule has 2 heterocycles. The molecular weight excluding hydrogens is 568 g/mol. The number of aliphatic hydroxyl groups excluding tert-OH is 1. The number of phenolic OH excluding ortho intramolecular Hbond substituents is 2. The lowest BCUT2D eigenvalue weighted by Gasteiger charge is -2.56. The molecule has 0 radical (unpaired) electrons. The quantitative estimate of drug-likeness (QED) is 0.239. The number of Topliss-reactive ketones (excluding diaryl/α,β-unsaturated/α-hetero) is 2. The summed E-state index contributed by atoms with van der Waals surface area (Å²) in [5.41, 5.74) is 1.39. The number of rotatable bonds is 10. The van der Waals surface area contributed by atoms with E-state index in [1.54, 1.807) is 19.1 Å². The summed E-state index contributed by atoms with van der Waals surface area (Å²) in [6.45, 7) is 15.5. The van der Waals surface area contributed by atoms with Gasteiger partial charge in [0.2, 0.25) is 0 Å². The molecule has 2 aliphatic heterocycles. The first-order valence-corrected chi connectivity index (χ1v) is 16.1. The van der Waals surface area contributed by atoms with Crippen LogP contribution in [0.5, 0.6) is 17.2 Å². The molecule has 1 aromatic carbocycles. The van der Waals surface area contributed by atoms with Gasteiger partial charge in [0.25, 0.3) is 0 Å². The molecule has 3 aliphatic carbocycles. The topological polar surface area (TPSA) is 113 Å². The highest BCUT2D eigenvalue weighted by Crippen LogP contribution is 2.68. The number of ether oxygens (including phenoxy) is 2.